The lowest BCUT2D eigenvalue weighted by Crippen LogP contribution is -2.72. The van der Waals surface area contributed by atoms with Crippen LogP contribution in [0.5, 0.6) is 0 Å². The Morgan fingerprint density at radius 2 is 1.95 bits per heavy atom. The van der Waals surface area contributed by atoms with Gasteiger partial charge in [-0.2, -0.15) is 0 Å². The zero-order chi connectivity index (χ0) is 13.2. The van der Waals surface area contributed by atoms with Gasteiger partial charge in [0, 0.05) is 25.0 Å². The Kier molecular flexibility index (Phi) is 4.08. The summed E-state index contributed by atoms with van der Waals surface area (Å²) in [6.45, 7) is 0.822. The highest BCUT2D eigenvalue weighted by Crippen LogP contribution is 2.37. The van der Waals surface area contributed by atoms with Crippen molar-refractivity contribution in [2.45, 2.75) is 69.6 Å². The minimum atomic E-state index is 0.0568. The normalized spacial score (nSPS) is 39.2. The van der Waals surface area contributed by atoms with Crippen LogP contribution in [0.4, 0.5) is 0 Å². The van der Waals surface area contributed by atoms with Crippen molar-refractivity contribution in [3.63, 3.8) is 0 Å². The van der Waals surface area contributed by atoms with E-state index in [2.05, 4.69) is 5.32 Å². The first-order valence-corrected chi connectivity index (χ1v) is 7.92. The van der Waals surface area contributed by atoms with Crippen molar-refractivity contribution in [3.8, 4) is 0 Å². The average molecular weight is 266 g/mol. The maximum Gasteiger partial charge on any atom is 0.220 e. The van der Waals surface area contributed by atoms with Gasteiger partial charge in [-0.15, -0.1) is 0 Å². The minimum absolute atomic E-state index is 0.0568. The highest BCUT2D eigenvalue weighted by atomic mass is 16.5. The number of rotatable bonds is 3. The summed E-state index contributed by atoms with van der Waals surface area (Å²) in [7, 11) is 0. The van der Waals surface area contributed by atoms with Crippen LogP contribution in [-0.4, -0.2) is 30.7 Å². The molecule has 4 nitrogen and oxygen atoms in total. The van der Waals surface area contributed by atoms with Gasteiger partial charge in [0.15, 0.2) is 0 Å². The summed E-state index contributed by atoms with van der Waals surface area (Å²) < 4.78 is 5.76. The van der Waals surface area contributed by atoms with Crippen molar-refractivity contribution in [2.75, 3.05) is 6.61 Å². The molecule has 3 rings (SSSR count). The molecule has 2 saturated carbocycles. The second kappa shape index (κ2) is 5.80. The van der Waals surface area contributed by atoms with E-state index < -0.39 is 0 Å². The van der Waals surface area contributed by atoms with Crippen molar-refractivity contribution >= 4 is 5.91 Å². The van der Waals surface area contributed by atoms with Crippen LogP contribution in [0.2, 0.25) is 0 Å². The predicted octanol–water partition coefficient (Wildman–Crippen LogP) is 1.58. The maximum atomic E-state index is 12.1. The molecule has 2 aliphatic carbocycles. The van der Waals surface area contributed by atoms with Crippen molar-refractivity contribution in [1.82, 2.24) is 5.32 Å². The van der Waals surface area contributed by atoms with Crippen LogP contribution in [0.3, 0.4) is 0 Å². The Morgan fingerprint density at radius 3 is 2.74 bits per heavy atom. The molecule has 0 aromatic carbocycles. The minimum Gasteiger partial charge on any atom is -0.376 e. The molecule has 4 unspecified atom stereocenters. The molecule has 1 heterocycles. The van der Waals surface area contributed by atoms with E-state index in [1.807, 2.05) is 0 Å². The molecule has 1 aliphatic heterocycles. The molecule has 0 aromatic heterocycles. The Bertz CT molecular complexity index is 328. The number of fused-ring (bicyclic) bond motifs is 1. The predicted molar refractivity (Wildman–Crippen MR) is 73.6 cm³/mol. The number of nitrogens with one attached hydrogen (secondary N) is 1. The first-order valence-electron chi connectivity index (χ1n) is 7.92. The van der Waals surface area contributed by atoms with Gasteiger partial charge >= 0.3 is 0 Å². The molecule has 19 heavy (non-hydrogen) atoms. The summed E-state index contributed by atoms with van der Waals surface area (Å²) in [6.07, 6.45) is 9.46. The fourth-order valence-electron chi connectivity index (χ4n) is 4.02. The molecule has 3 aliphatic rings. The van der Waals surface area contributed by atoms with Gasteiger partial charge in [0.05, 0.1) is 12.1 Å². The second-order valence-corrected chi connectivity index (χ2v) is 6.52. The SMILES string of the molecule is NC1C2CCCOC2C1NC(=O)CC1CCCCC1. The quantitative estimate of drug-likeness (QED) is 0.815. The van der Waals surface area contributed by atoms with E-state index in [9.17, 15) is 4.79 Å². The van der Waals surface area contributed by atoms with E-state index in [0.717, 1.165) is 19.4 Å². The number of hydrogen-bond acceptors (Lipinski definition) is 3. The Morgan fingerprint density at radius 1 is 1.16 bits per heavy atom. The summed E-state index contributed by atoms with van der Waals surface area (Å²) in [4.78, 5) is 12.1. The van der Waals surface area contributed by atoms with Crippen molar-refractivity contribution in [2.24, 2.45) is 17.6 Å². The summed E-state index contributed by atoms with van der Waals surface area (Å²) in [6, 6.07) is 0.155. The Labute approximate surface area is 115 Å². The van der Waals surface area contributed by atoms with Gasteiger partial charge in [0.2, 0.25) is 5.91 Å². The molecule has 1 saturated heterocycles. The second-order valence-electron chi connectivity index (χ2n) is 6.52. The lowest BCUT2D eigenvalue weighted by atomic mass is 9.68. The molecular weight excluding hydrogens is 240 g/mol. The van der Waals surface area contributed by atoms with Crippen LogP contribution < -0.4 is 11.1 Å². The van der Waals surface area contributed by atoms with E-state index in [1.165, 1.54) is 32.1 Å². The van der Waals surface area contributed by atoms with E-state index in [4.69, 9.17) is 10.5 Å². The Hall–Kier alpha value is -0.610. The molecule has 3 fully saturated rings. The van der Waals surface area contributed by atoms with E-state index in [-0.39, 0.29) is 24.1 Å². The largest absolute Gasteiger partial charge is 0.376 e. The van der Waals surface area contributed by atoms with Gasteiger partial charge < -0.3 is 15.8 Å². The molecular formula is C15H26N2O2. The van der Waals surface area contributed by atoms with Gasteiger partial charge in [-0.25, -0.2) is 0 Å². The number of nitrogens with two attached hydrogens (primary N) is 1. The molecule has 4 heteroatoms. The molecule has 0 aromatic rings. The van der Waals surface area contributed by atoms with Crippen LogP contribution >= 0.6 is 0 Å². The lowest BCUT2D eigenvalue weighted by molar-refractivity contribution is -0.140. The molecule has 1 amide bonds. The fraction of sp³-hybridized carbons (Fsp3) is 0.933. The third kappa shape index (κ3) is 2.79. The van der Waals surface area contributed by atoms with Crippen LogP contribution in [0.1, 0.15) is 51.4 Å². The van der Waals surface area contributed by atoms with Crippen molar-refractivity contribution in [3.05, 3.63) is 0 Å². The molecule has 0 radical (unpaired) electrons. The zero-order valence-electron chi connectivity index (χ0n) is 11.6. The first-order chi connectivity index (χ1) is 9.25. The van der Waals surface area contributed by atoms with Crippen LogP contribution in [0.15, 0.2) is 0 Å². The molecule has 0 bridgehead atoms. The van der Waals surface area contributed by atoms with Crippen LogP contribution in [-0.2, 0) is 9.53 Å². The maximum absolute atomic E-state index is 12.1. The number of amides is 1. The van der Waals surface area contributed by atoms with Gasteiger partial charge in [-0.3, -0.25) is 4.79 Å². The highest BCUT2D eigenvalue weighted by Gasteiger charge is 2.51. The highest BCUT2D eigenvalue weighted by molar-refractivity contribution is 5.77. The first kappa shape index (κ1) is 13.4. The fourth-order valence-corrected chi connectivity index (χ4v) is 4.02. The van der Waals surface area contributed by atoms with Crippen molar-refractivity contribution in [1.29, 1.82) is 0 Å². The number of ether oxygens (including phenoxy) is 1. The van der Waals surface area contributed by atoms with Gasteiger partial charge in [-0.05, 0) is 31.6 Å². The summed E-state index contributed by atoms with van der Waals surface area (Å²) in [5.41, 5.74) is 6.16. The molecule has 0 spiro atoms. The van der Waals surface area contributed by atoms with Gasteiger partial charge in [0.25, 0.3) is 0 Å². The topological polar surface area (TPSA) is 64.3 Å². The van der Waals surface area contributed by atoms with E-state index in [1.54, 1.807) is 0 Å². The molecule has 3 N–H and O–H groups in total. The van der Waals surface area contributed by atoms with Crippen LogP contribution in [0, 0.1) is 11.8 Å². The van der Waals surface area contributed by atoms with Gasteiger partial charge in [0.1, 0.15) is 0 Å². The monoisotopic (exact) mass is 266 g/mol. The molecule has 108 valence electrons. The number of carbonyl (C=O) groups excluding carboxylic acids is 1. The van der Waals surface area contributed by atoms with E-state index in [0.29, 0.717) is 18.3 Å². The average Bonchev–Trinajstić information content (AvgIpc) is 2.45. The summed E-state index contributed by atoms with van der Waals surface area (Å²) >= 11 is 0. The molecule has 4 atom stereocenters. The number of carbonyl (C=O) groups is 1. The third-order valence-corrected chi connectivity index (χ3v) is 5.20. The summed E-state index contributed by atoms with van der Waals surface area (Å²) in [5.74, 6) is 1.24. The van der Waals surface area contributed by atoms with Gasteiger partial charge in [-0.1, -0.05) is 19.3 Å². The summed E-state index contributed by atoms with van der Waals surface area (Å²) in [5, 5.41) is 3.12. The standard InChI is InChI=1S/C15H26N2O2/c16-13-11-7-4-8-19-15(11)14(13)17-12(18)9-10-5-2-1-3-6-10/h10-11,13-15H,1-9,16H2,(H,17,18). The Balaban J connectivity index is 1.46. The third-order valence-electron chi connectivity index (χ3n) is 5.20. The smallest absolute Gasteiger partial charge is 0.220 e. The lowest BCUT2D eigenvalue weighted by Gasteiger charge is -2.52. The zero-order valence-corrected chi connectivity index (χ0v) is 11.6. The van der Waals surface area contributed by atoms with Crippen LogP contribution in [0.25, 0.3) is 0 Å². The van der Waals surface area contributed by atoms with E-state index >= 15 is 0 Å². The number of hydrogen-bond donors (Lipinski definition) is 2. The van der Waals surface area contributed by atoms with Crippen molar-refractivity contribution < 1.29 is 9.53 Å².